The van der Waals surface area contributed by atoms with E-state index >= 15 is 0 Å². The number of carbonyl (C=O) groups is 1. The number of aliphatic imine (C=N–C) groups is 1. The maximum Gasteiger partial charge on any atom is 0.262 e. The number of guanidine groups is 1. The molecule has 6 nitrogen and oxygen atoms in total. The van der Waals surface area contributed by atoms with E-state index in [4.69, 9.17) is 16.0 Å². The quantitative estimate of drug-likeness (QED) is 0.783. The van der Waals surface area contributed by atoms with Gasteiger partial charge in [-0.3, -0.25) is 9.69 Å². The van der Waals surface area contributed by atoms with Crippen molar-refractivity contribution < 1.29 is 4.79 Å². The van der Waals surface area contributed by atoms with Crippen molar-refractivity contribution >= 4 is 28.8 Å². The number of carbonyl (C=O) groups excluding carboxylic acids is 1. The predicted octanol–water partition coefficient (Wildman–Crippen LogP) is 3.31. The molecule has 1 unspecified atom stereocenters. The maximum absolute atomic E-state index is 12.8. The van der Waals surface area contributed by atoms with E-state index in [1.807, 2.05) is 54.5 Å². The SMILES string of the molecule is CN1C(=O)c2cn(C)cc2C(C)(c2cc(C3=CC=CC(C#N)=C=C3)cs2)N=C1N. The Kier molecular flexibility index (Phi) is 4.39. The van der Waals surface area contributed by atoms with Gasteiger partial charge in [0.15, 0.2) is 5.96 Å². The molecule has 1 amide bonds. The highest BCUT2D eigenvalue weighted by Crippen LogP contribution is 2.42. The van der Waals surface area contributed by atoms with E-state index in [2.05, 4.69) is 17.9 Å². The Morgan fingerprint density at radius 1 is 1.34 bits per heavy atom. The Balaban J connectivity index is 1.85. The minimum Gasteiger partial charge on any atom is -0.369 e. The van der Waals surface area contributed by atoms with E-state index in [1.165, 1.54) is 4.90 Å². The smallest absolute Gasteiger partial charge is 0.262 e. The van der Waals surface area contributed by atoms with Crippen LogP contribution in [-0.4, -0.2) is 28.4 Å². The average molecular weight is 401 g/mol. The van der Waals surface area contributed by atoms with Crippen molar-refractivity contribution in [2.45, 2.75) is 12.5 Å². The minimum absolute atomic E-state index is 0.170. The Hall–Kier alpha value is -3.59. The molecular weight excluding hydrogens is 382 g/mol. The molecule has 0 saturated carbocycles. The monoisotopic (exact) mass is 401 g/mol. The molecule has 2 aliphatic rings. The van der Waals surface area contributed by atoms with E-state index < -0.39 is 5.54 Å². The molecule has 2 N–H and O–H groups in total. The highest BCUT2D eigenvalue weighted by atomic mass is 32.1. The first-order valence-corrected chi connectivity index (χ1v) is 9.86. The summed E-state index contributed by atoms with van der Waals surface area (Å²) < 4.78 is 1.87. The van der Waals surface area contributed by atoms with Crippen LogP contribution in [0.4, 0.5) is 0 Å². The van der Waals surface area contributed by atoms with Crippen LogP contribution in [0.3, 0.4) is 0 Å². The second kappa shape index (κ2) is 6.78. The molecule has 1 aliphatic carbocycles. The highest BCUT2D eigenvalue weighted by molar-refractivity contribution is 7.10. The first-order valence-electron chi connectivity index (χ1n) is 8.98. The summed E-state index contributed by atoms with van der Waals surface area (Å²) in [5.41, 5.74) is 12.2. The summed E-state index contributed by atoms with van der Waals surface area (Å²) >= 11 is 1.56. The molecule has 1 atom stereocenters. The van der Waals surface area contributed by atoms with Gasteiger partial charge in [0.05, 0.1) is 11.1 Å². The van der Waals surface area contributed by atoms with Crippen LogP contribution in [-0.2, 0) is 12.6 Å². The maximum atomic E-state index is 12.8. The van der Waals surface area contributed by atoms with Crippen LogP contribution in [0.2, 0.25) is 0 Å². The number of nitrogens with two attached hydrogens (primary N) is 1. The van der Waals surface area contributed by atoms with E-state index in [1.54, 1.807) is 24.5 Å². The summed E-state index contributed by atoms with van der Waals surface area (Å²) in [5.74, 6) is 0.0143. The van der Waals surface area contributed by atoms with Gasteiger partial charge in [-0.2, -0.15) is 5.26 Å². The summed E-state index contributed by atoms with van der Waals surface area (Å²) in [5, 5.41) is 11.1. The highest BCUT2D eigenvalue weighted by Gasteiger charge is 2.39. The average Bonchev–Trinajstić information content (AvgIpc) is 3.26. The lowest BCUT2D eigenvalue weighted by molar-refractivity contribution is 0.0870. The van der Waals surface area contributed by atoms with Crippen molar-refractivity contribution in [3.8, 4) is 6.07 Å². The lowest BCUT2D eigenvalue weighted by Gasteiger charge is -2.23. The van der Waals surface area contributed by atoms with Gasteiger partial charge < -0.3 is 10.3 Å². The second-order valence-corrected chi connectivity index (χ2v) is 8.06. The number of rotatable bonds is 2. The van der Waals surface area contributed by atoms with Crippen molar-refractivity contribution in [3.63, 3.8) is 0 Å². The fraction of sp³-hybridized carbons (Fsp3) is 0.182. The summed E-state index contributed by atoms with van der Waals surface area (Å²) in [7, 11) is 3.53. The number of thiophene rings is 1. The van der Waals surface area contributed by atoms with E-state index in [9.17, 15) is 4.79 Å². The van der Waals surface area contributed by atoms with Crippen molar-refractivity contribution in [1.82, 2.24) is 9.47 Å². The Labute approximate surface area is 172 Å². The molecule has 0 fully saturated rings. The predicted molar refractivity (Wildman–Crippen MR) is 114 cm³/mol. The third-order valence-electron chi connectivity index (χ3n) is 5.15. The van der Waals surface area contributed by atoms with Crippen LogP contribution in [0.25, 0.3) is 5.57 Å². The fourth-order valence-electron chi connectivity index (χ4n) is 3.47. The number of amides is 1. The van der Waals surface area contributed by atoms with E-state index in [0.717, 1.165) is 21.6 Å². The Morgan fingerprint density at radius 2 is 2.14 bits per heavy atom. The van der Waals surface area contributed by atoms with Gasteiger partial charge in [-0.1, -0.05) is 12.2 Å². The molecule has 29 heavy (non-hydrogen) atoms. The number of hydrogen-bond donors (Lipinski definition) is 1. The minimum atomic E-state index is -0.789. The second-order valence-electron chi connectivity index (χ2n) is 7.15. The van der Waals surface area contributed by atoms with Crippen LogP contribution in [0.15, 0.2) is 64.4 Å². The van der Waals surface area contributed by atoms with E-state index in [0.29, 0.717) is 11.1 Å². The van der Waals surface area contributed by atoms with E-state index in [-0.39, 0.29) is 11.9 Å². The first-order chi connectivity index (χ1) is 13.8. The molecule has 3 heterocycles. The third kappa shape index (κ3) is 3.05. The van der Waals surface area contributed by atoms with Crippen LogP contribution in [0, 0.1) is 11.3 Å². The molecule has 0 saturated heterocycles. The number of hydrogen-bond acceptors (Lipinski definition) is 5. The van der Waals surface area contributed by atoms with Crippen molar-refractivity contribution in [2.24, 2.45) is 17.8 Å². The first kappa shape index (κ1) is 18.8. The molecule has 2 aromatic heterocycles. The van der Waals surface area contributed by atoms with Gasteiger partial charge in [0, 0.05) is 36.9 Å². The number of aryl methyl sites for hydroxylation is 1. The van der Waals surface area contributed by atoms with Crippen LogP contribution >= 0.6 is 11.3 Å². The Morgan fingerprint density at radius 3 is 2.90 bits per heavy atom. The molecule has 2 aromatic rings. The van der Waals surface area contributed by atoms with Gasteiger partial charge >= 0.3 is 0 Å². The largest absolute Gasteiger partial charge is 0.369 e. The zero-order chi connectivity index (χ0) is 20.8. The van der Waals surface area contributed by atoms with Crippen molar-refractivity contribution in [3.05, 3.63) is 81.0 Å². The Bertz CT molecular complexity index is 1230. The summed E-state index contributed by atoms with van der Waals surface area (Å²) in [4.78, 5) is 19.9. The molecule has 144 valence electrons. The number of allylic oxidation sites excluding steroid dienone is 5. The number of aromatic nitrogens is 1. The molecule has 0 aromatic carbocycles. The van der Waals surface area contributed by atoms with Gasteiger partial charge in [0.2, 0.25) is 0 Å². The fourth-order valence-corrected chi connectivity index (χ4v) is 4.51. The van der Waals surface area contributed by atoms with Gasteiger partial charge in [-0.25, -0.2) is 4.99 Å². The molecule has 7 heteroatoms. The number of fused-ring (bicyclic) bond motifs is 1. The number of nitrogens with zero attached hydrogens (tertiary/aromatic N) is 4. The van der Waals surface area contributed by atoms with Crippen LogP contribution < -0.4 is 5.73 Å². The summed E-state index contributed by atoms with van der Waals surface area (Å²) in [6.07, 6.45) is 11.1. The topological polar surface area (TPSA) is 87.4 Å². The lowest BCUT2D eigenvalue weighted by Crippen LogP contribution is -2.38. The van der Waals surface area contributed by atoms with Crippen LogP contribution in [0.5, 0.6) is 0 Å². The van der Waals surface area contributed by atoms with Crippen molar-refractivity contribution in [2.75, 3.05) is 7.05 Å². The van der Waals surface area contributed by atoms with Gasteiger partial charge in [0.25, 0.3) is 5.91 Å². The summed E-state index contributed by atoms with van der Waals surface area (Å²) in [6, 6.07) is 4.16. The van der Waals surface area contributed by atoms with Gasteiger partial charge in [-0.05, 0) is 41.7 Å². The molecule has 0 bridgehead atoms. The molecule has 0 spiro atoms. The van der Waals surface area contributed by atoms with Gasteiger partial charge in [-0.15, -0.1) is 17.1 Å². The molecule has 1 aliphatic heterocycles. The standard InChI is InChI=1S/C22H19N5OS/c1-22(18-12-26(2)11-17(18)20(28)27(3)21(24)25-22)19-9-16(13-29-19)15-6-4-5-14(10-23)7-8-15/h4-6,8-9,11-13H,1-3H3,(H2,24,25). The van der Waals surface area contributed by atoms with Gasteiger partial charge in [0.1, 0.15) is 11.6 Å². The third-order valence-corrected chi connectivity index (χ3v) is 6.29. The van der Waals surface area contributed by atoms with Crippen molar-refractivity contribution in [1.29, 1.82) is 5.26 Å². The summed E-state index contributed by atoms with van der Waals surface area (Å²) in [6.45, 7) is 1.98. The molecule has 0 radical (unpaired) electrons. The zero-order valence-corrected chi connectivity index (χ0v) is 17.1. The zero-order valence-electron chi connectivity index (χ0n) is 16.3. The van der Waals surface area contributed by atoms with Crippen LogP contribution in [0.1, 0.15) is 33.3 Å². The lowest BCUT2D eigenvalue weighted by atomic mass is 9.89. The molecule has 4 rings (SSSR count). The molecular formula is C22H19N5OS. The normalized spacial score (nSPS) is 21.0. The number of nitriles is 1.